The number of nitrogens with one attached hydrogen (secondary N) is 1. The van der Waals surface area contributed by atoms with Gasteiger partial charge in [-0.3, -0.25) is 0 Å². The third kappa shape index (κ3) is 4.05. The van der Waals surface area contributed by atoms with Gasteiger partial charge in [-0.15, -0.1) is 11.3 Å². The van der Waals surface area contributed by atoms with E-state index in [0.29, 0.717) is 12.1 Å². The third-order valence-electron chi connectivity index (χ3n) is 3.29. The molecule has 0 bridgehead atoms. The van der Waals surface area contributed by atoms with Gasteiger partial charge in [-0.1, -0.05) is 12.8 Å². The van der Waals surface area contributed by atoms with Crippen LogP contribution in [0, 0.1) is 6.92 Å². The van der Waals surface area contributed by atoms with E-state index < -0.39 is 0 Å². The maximum atomic E-state index is 5.81. The average Bonchev–Trinajstić information content (AvgIpc) is 2.95. The second-order valence-electron chi connectivity index (χ2n) is 4.74. The second kappa shape index (κ2) is 6.47. The van der Waals surface area contributed by atoms with Gasteiger partial charge in [0, 0.05) is 18.0 Å². The van der Waals surface area contributed by atoms with Crippen LogP contribution in [0.1, 0.15) is 49.4 Å². The molecule has 1 saturated carbocycles. The lowest BCUT2D eigenvalue weighted by Gasteiger charge is -2.14. The summed E-state index contributed by atoms with van der Waals surface area (Å²) in [6.07, 6.45) is 5.70. The highest BCUT2D eigenvalue weighted by molar-refractivity contribution is 7.09. The van der Waals surface area contributed by atoms with E-state index in [1.807, 2.05) is 6.92 Å². The molecule has 1 aliphatic carbocycles. The number of thiazole rings is 1. The first-order chi connectivity index (χ1) is 8.25. The van der Waals surface area contributed by atoms with Crippen molar-refractivity contribution >= 4 is 11.3 Å². The first-order valence-electron chi connectivity index (χ1n) is 6.52. The van der Waals surface area contributed by atoms with E-state index in [-0.39, 0.29) is 0 Å². The maximum Gasteiger partial charge on any atom is 0.0898 e. The third-order valence-corrected chi connectivity index (χ3v) is 4.08. The molecule has 0 spiro atoms. The van der Waals surface area contributed by atoms with Crippen molar-refractivity contribution in [1.82, 2.24) is 10.3 Å². The zero-order chi connectivity index (χ0) is 12.1. The van der Waals surface area contributed by atoms with Crippen LogP contribution in [-0.4, -0.2) is 24.2 Å². The van der Waals surface area contributed by atoms with Gasteiger partial charge in [0.1, 0.15) is 0 Å². The van der Waals surface area contributed by atoms with Crippen molar-refractivity contribution in [3.8, 4) is 0 Å². The summed E-state index contributed by atoms with van der Waals surface area (Å²) in [6.45, 7) is 5.93. The Labute approximate surface area is 108 Å². The molecule has 1 N–H and O–H groups in total. The highest BCUT2D eigenvalue weighted by Crippen LogP contribution is 2.20. The number of hydrogen-bond acceptors (Lipinski definition) is 4. The van der Waals surface area contributed by atoms with Gasteiger partial charge < -0.3 is 10.1 Å². The fraction of sp³-hybridized carbons (Fsp3) is 0.769. The van der Waals surface area contributed by atoms with Crippen LogP contribution in [0.3, 0.4) is 0 Å². The molecule has 1 atom stereocenters. The van der Waals surface area contributed by atoms with Gasteiger partial charge in [0.2, 0.25) is 0 Å². The van der Waals surface area contributed by atoms with Gasteiger partial charge in [0.25, 0.3) is 0 Å². The minimum atomic E-state index is 0.326. The lowest BCUT2D eigenvalue weighted by atomic mass is 10.2. The van der Waals surface area contributed by atoms with Crippen LogP contribution >= 0.6 is 11.3 Å². The standard InChI is InChI=1S/C13H22N2OS/c1-10(13-9-17-11(2)15-13)14-7-8-16-12-5-3-4-6-12/h9-10,12,14H,3-8H2,1-2H3. The Morgan fingerprint density at radius 2 is 2.29 bits per heavy atom. The van der Waals surface area contributed by atoms with Crippen molar-refractivity contribution < 1.29 is 4.74 Å². The minimum absolute atomic E-state index is 0.326. The zero-order valence-corrected chi connectivity index (χ0v) is 11.6. The van der Waals surface area contributed by atoms with Crippen LogP contribution in [0.5, 0.6) is 0 Å². The summed E-state index contributed by atoms with van der Waals surface area (Å²) < 4.78 is 5.81. The molecule has 1 fully saturated rings. The van der Waals surface area contributed by atoms with Crippen LogP contribution in [-0.2, 0) is 4.74 Å². The van der Waals surface area contributed by atoms with Crippen LogP contribution in [0.15, 0.2) is 5.38 Å². The Balaban J connectivity index is 1.61. The molecule has 17 heavy (non-hydrogen) atoms. The lowest BCUT2D eigenvalue weighted by molar-refractivity contribution is 0.0593. The Bertz CT molecular complexity index is 334. The van der Waals surface area contributed by atoms with Gasteiger partial charge in [-0.05, 0) is 26.7 Å². The minimum Gasteiger partial charge on any atom is -0.377 e. The highest BCUT2D eigenvalue weighted by atomic mass is 32.1. The van der Waals surface area contributed by atoms with E-state index in [2.05, 4.69) is 22.6 Å². The fourth-order valence-corrected chi connectivity index (χ4v) is 2.95. The van der Waals surface area contributed by atoms with Crippen molar-refractivity contribution in [3.63, 3.8) is 0 Å². The topological polar surface area (TPSA) is 34.2 Å². The van der Waals surface area contributed by atoms with Gasteiger partial charge >= 0.3 is 0 Å². The van der Waals surface area contributed by atoms with Crippen molar-refractivity contribution in [2.24, 2.45) is 0 Å². The zero-order valence-electron chi connectivity index (χ0n) is 10.7. The first-order valence-corrected chi connectivity index (χ1v) is 7.40. The molecule has 1 aliphatic rings. The lowest BCUT2D eigenvalue weighted by Crippen LogP contribution is -2.25. The molecule has 1 aromatic heterocycles. The van der Waals surface area contributed by atoms with Crippen LogP contribution < -0.4 is 5.32 Å². The van der Waals surface area contributed by atoms with E-state index in [9.17, 15) is 0 Å². The second-order valence-corrected chi connectivity index (χ2v) is 5.81. The van der Waals surface area contributed by atoms with Crippen molar-refractivity contribution in [1.29, 1.82) is 0 Å². The van der Waals surface area contributed by atoms with Gasteiger partial charge in [-0.25, -0.2) is 4.98 Å². The molecule has 0 amide bonds. The summed E-state index contributed by atoms with van der Waals surface area (Å²) in [5.74, 6) is 0. The van der Waals surface area contributed by atoms with E-state index in [1.54, 1.807) is 11.3 Å². The van der Waals surface area contributed by atoms with Gasteiger partial charge in [-0.2, -0.15) is 0 Å². The van der Waals surface area contributed by atoms with Crippen molar-refractivity contribution in [3.05, 3.63) is 16.1 Å². The molecule has 1 heterocycles. The molecule has 4 heteroatoms. The normalized spacial score (nSPS) is 18.7. The number of ether oxygens (including phenoxy) is 1. The summed E-state index contributed by atoms with van der Waals surface area (Å²) in [7, 11) is 0. The van der Waals surface area contributed by atoms with Crippen LogP contribution in [0.4, 0.5) is 0 Å². The van der Waals surface area contributed by atoms with Crippen molar-refractivity contribution in [2.75, 3.05) is 13.2 Å². The summed E-state index contributed by atoms with van der Waals surface area (Å²) in [4.78, 5) is 4.48. The SMILES string of the molecule is Cc1nc(C(C)NCCOC2CCCC2)cs1. The monoisotopic (exact) mass is 254 g/mol. The predicted octanol–water partition coefficient (Wildman–Crippen LogP) is 3.06. The smallest absolute Gasteiger partial charge is 0.0898 e. The predicted molar refractivity (Wildman–Crippen MR) is 71.5 cm³/mol. The van der Waals surface area contributed by atoms with Crippen LogP contribution in [0.25, 0.3) is 0 Å². The highest BCUT2D eigenvalue weighted by Gasteiger charge is 2.15. The number of aromatic nitrogens is 1. The molecule has 1 unspecified atom stereocenters. The summed E-state index contributed by atoms with van der Waals surface area (Å²) in [6, 6.07) is 0.326. The Kier molecular flexibility index (Phi) is 4.95. The maximum absolute atomic E-state index is 5.81. The molecular formula is C13H22N2OS. The number of aryl methyl sites for hydroxylation is 1. The Hall–Kier alpha value is -0.450. The van der Waals surface area contributed by atoms with Crippen molar-refractivity contribution in [2.45, 2.75) is 51.7 Å². The summed E-state index contributed by atoms with van der Waals surface area (Å²) in [5.41, 5.74) is 1.15. The van der Waals surface area contributed by atoms with Gasteiger partial charge in [0.15, 0.2) is 0 Å². The molecule has 0 aliphatic heterocycles. The van der Waals surface area contributed by atoms with E-state index in [4.69, 9.17) is 4.74 Å². The first kappa shape index (κ1) is 13.0. The number of nitrogens with zero attached hydrogens (tertiary/aromatic N) is 1. The number of hydrogen-bond donors (Lipinski definition) is 1. The van der Waals surface area contributed by atoms with E-state index in [0.717, 1.165) is 23.9 Å². The van der Waals surface area contributed by atoms with E-state index in [1.165, 1.54) is 25.7 Å². The molecule has 0 aromatic carbocycles. The largest absolute Gasteiger partial charge is 0.377 e. The molecule has 96 valence electrons. The fourth-order valence-electron chi connectivity index (χ4n) is 2.24. The average molecular weight is 254 g/mol. The molecule has 0 saturated heterocycles. The molecule has 0 radical (unpaired) electrons. The molecule has 2 rings (SSSR count). The molecule has 1 aromatic rings. The molecule has 3 nitrogen and oxygen atoms in total. The number of rotatable bonds is 6. The summed E-state index contributed by atoms with van der Waals surface area (Å²) >= 11 is 1.71. The summed E-state index contributed by atoms with van der Waals surface area (Å²) in [5, 5.41) is 6.72. The van der Waals surface area contributed by atoms with E-state index >= 15 is 0 Å². The molecular weight excluding hydrogens is 232 g/mol. The van der Waals surface area contributed by atoms with Crippen LogP contribution in [0.2, 0.25) is 0 Å². The Morgan fingerprint density at radius 3 is 2.94 bits per heavy atom. The van der Waals surface area contributed by atoms with Gasteiger partial charge in [0.05, 0.1) is 23.4 Å². The quantitative estimate of drug-likeness (QED) is 0.792. The Morgan fingerprint density at radius 1 is 1.53 bits per heavy atom.